The molecule has 3 nitrogen and oxygen atoms in total. The van der Waals surface area contributed by atoms with E-state index in [1.165, 1.54) is 11.3 Å². The molecule has 0 saturated carbocycles. The van der Waals surface area contributed by atoms with Gasteiger partial charge in [0.15, 0.2) is 0 Å². The van der Waals surface area contributed by atoms with Crippen molar-refractivity contribution in [2.75, 3.05) is 18.0 Å². The second-order valence-electron chi connectivity index (χ2n) is 6.30. The van der Waals surface area contributed by atoms with Gasteiger partial charge in [-0.1, -0.05) is 35.8 Å². The summed E-state index contributed by atoms with van der Waals surface area (Å²) in [6, 6.07) is 7.05. The van der Waals surface area contributed by atoms with Crippen LogP contribution in [0.25, 0.3) is 0 Å². The standard InChI is InChI=1S/C16H25BrN2O/c1-12(2)18-11-13-4-5-14(10-15(13)17)19-8-6-16(3,20)7-9-19/h4-5,10,12,18,20H,6-9,11H2,1-3H3. The zero-order valence-electron chi connectivity index (χ0n) is 12.6. The maximum Gasteiger partial charge on any atom is 0.0653 e. The highest BCUT2D eigenvalue weighted by Crippen LogP contribution is 2.29. The van der Waals surface area contributed by atoms with Gasteiger partial charge in [0.2, 0.25) is 0 Å². The Kier molecular flexibility index (Phi) is 5.10. The van der Waals surface area contributed by atoms with Gasteiger partial charge < -0.3 is 15.3 Å². The van der Waals surface area contributed by atoms with Crippen LogP contribution in [-0.2, 0) is 6.54 Å². The van der Waals surface area contributed by atoms with Crippen LogP contribution in [0.1, 0.15) is 39.2 Å². The molecule has 112 valence electrons. The molecule has 2 rings (SSSR count). The third-order valence-electron chi connectivity index (χ3n) is 3.94. The normalized spacial score (nSPS) is 18.6. The van der Waals surface area contributed by atoms with Crippen LogP contribution in [-0.4, -0.2) is 29.8 Å². The fourth-order valence-electron chi connectivity index (χ4n) is 2.44. The summed E-state index contributed by atoms with van der Waals surface area (Å²) in [5, 5.41) is 13.5. The second-order valence-corrected chi connectivity index (χ2v) is 7.15. The molecule has 0 aliphatic carbocycles. The number of benzene rings is 1. The summed E-state index contributed by atoms with van der Waals surface area (Å²) in [6.45, 7) is 8.96. The molecule has 4 heteroatoms. The number of hydrogen-bond acceptors (Lipinski definition) is 3. The van der Waals surface area contributed by atoms with E-state index in [-0.39, 0.29) is 0 Å². The number of piperidine rings is 1. The fourth-order valence-corrected chi connectivity index (χ4v) is 2.94. The van der Waals surface area contributed by atoms with Gasteiger partial charge in [0.05, 0.1) is 5.60 Å². The Balaban J connectivity index is 2.02. The molecule has 1 aromatic carbocycles. The molecule has 1 aliphatic rings. The SMILES string of the molecule is CC(C)NCc1ccc(N2CCC(C)(O)CC2)cc1Br. The monoisotopic (exact) mass is 340 g/mol. The van der Waals surface area contributed by atoms with Gasteiger partial charge in [0, 0.05) is 35.8 Å². The van der Waals surface area contributed by atoms with Crippen molar-refractivity contribution in [2.24, 2.45) is 0 Å². The van der Waals surface area contributed by atoms with Crippen LogP contribution in [0.15, 0.2) is 22.7 Å². The summed E-state index contributed by atoms with van der Waals surface area (Å²) in [5.74, 6) is 0. The van der Waals surface area contributed by atoms with Crippen molar-refractivity contribution in [3.63, 3.8) is 0 Å². The first kappa shape index (κ1) is 15.8. The summed E-state index contributed by atoms with van der Waals surface area (Å²) in [5.41, 5.74) is 2.03. The van der Waals surface area contributed by atoms with E-state index in [0.717, 1.165) is 36.9 Å². The van der Waals surface area contributed by atoms with E-state index in [2.05, 4.69) is 58.2 Å². The van der Waals surface area contributed by atoms with Crippen LogP contribution < -0.4 is 10.2 Å². The molecule has 1 aromatic rings. The third-order valence-corrected chi connectivity index (χ3v) is 4.68. The molecule has 0 atom stereocenters. The molecule has 1 fully saturated rings. The maximum atomic E-state index is 10.0. The minimum Gasteiger partial charge on any atom is -0.390 e. The molecular formula is C16H25BrN2O. The van der Waals surface area contributed by atoms with Gasteiger partial charge in [-0.05, 0) is 37.5 Å². The molecular weight excluding hydrogens is 316 g/mol. The molecule has 20 heavy (non-hydrogen) atoms. The third kappa shape index (κ3) is 4.21. The molecule has 2 N–H and O–H groups in total. The lowest BCUT2D eigenvalue weighted by molar-refractivity contribution is 0.0351. The number of nitrogens with zero attached hydrogens (tertiary/aromatic N) is 1. The molecule has 1 aliphatic heterocycles. The molecule has 0 bridgehead atoms. The van der Waals surface area contributed by atoms with E-state index >= 15 is 0 Å². The van der Waals surface area contributed by atoms with Gasteiger partial charge in [-0.3, -0.25) is 0 Å². The van der Waals surface area contributed by atoms with Crippen molar-refractivity contribution < 1.29 is 5.11 Å². The predicted octanol–water partition coefficient (Wildman–Crippen LogP) is 3.30. The van der Waals surface area contributed by atoms with Crippen LogP contribution in [0.5, 0.6) is 0 Å². The molecule has 0 aromatic heterocycles. The fraction of sp³-hybridized carbons (Fsp3) is 0.625. The van der Waals surface area contributed by atoms with Crippen molar-refractivity contribution in [2.45, 2.75) is 51.8 Å². The van der Waals surface area contributed by atoms with Gasteiger partial charge in [0.25, 0.3) is 0 Å². The first-order valence-corrected chi connectivity index (χ1v) is 8.16. The van der Waals surface area contributed by atoms with Gasteiger partial charge in [-0.25, -0.2) is 0 Å². The van der Waals surface area contributed by atoms with Gasteiger partial charge in [-0.15, -0.1) is 0 Å². The molecule has 1 saturated heterocycles. The lowest BCUT2D eigenvalue weighted by Gasteiger charge is -2.37. The first-order valence-electron chi connectivity index (χ1n) is 7.36. The zero-order chi connectivity index (χ0) is 14.8. The number of nitrogens with one attached hydrogen (secondary N) is 1. The van der Waals surface area contributed by atoms with Gasteiger partial charge >= 0.3 is 0 Å². The van der Waals surface area contributed by atoms with E-state index < -0.39 is 5.60 Å². The number of rotatable bonds is 4. The van der Waals surface area contributed by atoms with E-state index in [1.807, 2.05) is 6.92 Å². The lowest BCUT2D eigenvalue weighted by Crippen LogP contribution is -2.42. The topological polar surface area (TPSA) is 35.5 Å². The summed E-state index contributed by atoms with van der Waals surface area (Å²) in [7, 11) is 0. The largest absolute Gasteiger partial charge is 0.390 e. The Hall–Kier alpha value is -0.580. The number of hydrogen-bond donors (Lipinski definition) is 2. The highest BCUT2D eigenvalue weighted by atomic mass is 79.9. The van der Waals surface area contributed by atoms with E-state index in [0.29, 0.717) is 6.04 Å². The Morgan fingerprint density at radius 2 is 2.00 bits per heavy atom. The molecule has 0 radical (unpaired) electrons. The van der Waals surface area contributed by atoms with Crippen molar-refractivity contribution in [3.8, 4) is 0 Å². The minimum atomic E-state index is -0.491. The van der Waals surface area contributed by atoms with Crippen LogP contribution in [0.3, 0.4) is 0 Å². The lowest BCUT2D eigenvalue weighted by atomic mass is 9.93. The van der Waals surface area contributed by atoms with Crippen molar-refractivity contribution in [3.05, 3.63) is 28.2 Å². The Labute approximate surface area is 130 Å². The average molecular weight is 341 g/mol. The summed E-state index contributed by atoms with van der Waals surface area (Å²) in [4.78, 5) is 2.35. The van der Waals surface area contributed by atoms with Gasteiger partial charge in [-0.2, -0.15) is 0 Å². The minimum absolute atomic E-state index is 0.491. The van der Waals surface area contributed by atoms with Crippen molar-refractivity contribution in [1.82, 2.24) is 5.32 Å². The highest BCUT2D eigenvalue weighted by Gasteiger charge is 2.27. The Morgan fingerprint density at radius 3 is 2.55 bits per heavy atom. The maximum absolute atomic E-state index is 10.0. The van der Waals surface area contributed by atoms with Crippen LogP contribution >= 0.6 is 15.9 Å². The first-order chi connectivity index (χ1) is 9.37. The summed E-state index contributed by atoms with van der Waals surface area (Å²) in [6.07, 6.45) is 1.67. The van der Waals surface area contributed by atoms with E-state index in [4.69, 9.17) is 0 Å². The molecule has 0 amide bonds. The molecule has 0 spiro atoms. The molecule has 0 unspecified atom stereocenters. The smallest absolute Gasteiger partial charge is 0.0653 e. The molecule has 1 heterocycles. The van der Waals surface area contributed by atoms with Gasteiger partial charge in [0.1, 0.15) is 0 Å². The highest BCUT2D eigenvalue weighted by molar-refractivity contribution is 9.10. The number of anilines is 1. The Bertz CT molecular complexity index is 450. The Morgan fingerprint density at radius 1 is 1.35 bits per heavy atom. The average Bonchev–Trinajstić information content (AvgIpc) is 2.37. The predicted molar refractivity (Wildman–Crippen MR) is 88.2 cm³/mol. The zero-order valence-corrected chi connectivity index (χ0v) is 14.2. The van der Waals surface area contributed by atoms with Crippen LogP contribution in [0.2, 0.25) is 0 Å². The van der Waals surface area contributed by atoms with E-state index in [1.54, 1.807) is 0 Å². The summed E-state index contributed by atoms with van der Waals surface area (Å²) >= 11 is 3.67. The van der Waals surface area contributed by atoms with Crippen LogP contribution in [0, 0.1) is 0 Å². The quantitative estimate of drug-likeness (QED) is 0.882. The van der Waals surface area contributed by atoms with Crippen molar-refractivity contribution >= 4 is 21.6 Å². The van der Waals surface area contributed by atoms with E-state index in [9.17, 15) is 5.11 Å². The van der Waals surface area contributed by atoms with Crippen LogP contribution in [0.4, 0.5) is 5.69 Å². The van der Waals surface area contributed by atoms with Crippen molar-refractivity contribution in [1.29, 1.82) is 0 Å². The summed E-state index contributed by atoms with van der Waals surface area (Å²) < 4.78 is 1.15. The second kappa shape index (κ2) is 6.46. The number of halogens is 1. The number of aliphatic hydroxyl groups is 1.